The number of benzene rings is 2. The van der Waals surface area contributed by atoms with Crippen LogP contribution in [0, 0.1) is 13.8 Å². The Hall–Kier alpha value is -3.74. The van der Waals surface area contributed by atoms with Crippen molar-refractivity contribution >= 4 is 34.8 Å². The molecule has 2 aromatic carbocycles. The second-order valence-corrected chi connectivity index (χ2v) is 6.51. The molecule has 0 unspecified atom stereocenters. The van der Waals surface area contributed by atoms with Gasteiger partial charge in [-0.2, -0.15) is 0 Å². The van der Waals surface area contributed by atoms with Gasteiger partial charge in [0.15, 0.2) is 0 Å². The van der Waals surface area contributed by atoms with Crippen molar-refractivity contribution in [1.29, 1.82) is 0 Å². The number of nitrogens with zero attached hydrogens (tertiary/aromatic N) is 2. The van der Waals surface area contributed by atoms with Gasteiger partial charge in [-0.15, -0.1) is 0 Å². The Bertz CT molecular complexity index is 995. The second kappa shape index (κ2) is 8.30. The molecule has 7 nitrogen and oxygen atoms in total. The predicted octanol–water partition coefficient (Wildman–Crippen LogP) is 4.05. The molecule has 7 heteroatoms. The van der Waals surface area contributed by atoms with Crippen LogP contribution in [0.25, 0.3) is 0 Å². The summed E-state index contributed by atoms with van der Waals surface area (Å²) in [5, 5.41) is 8.61. The van der Waals surface area contributed by atoms with Gasteiger partial charge in [0.25, 0.3) is 5.91 Å². The van der Waals surface area contributed by atoms with Crippen LogP contribution in [0.1, 0.15) is 28.4 Å². The quantitative estimate of drug-likeness (QED) is 0.625. The minimum absolute atomic E-state index is 0.146. The van der Waals surface area contributed by atoms with Gasteiger partial charge < -0.3 is 16.0 Å². The molecule has 3 aromatic rings. The molecule has 3 rings (SSSR count). The van der Waals surface area contributed by atoms with Crippen LogP contribution in [-0.4, -0.2) is 21.8 Å². The van der Waals surface area contributed by atoms with Crippen LogP contribution in [0.5, 0.6) is 0 Å². The molecule has 0 saturated heterocycles. The summed E-state index contributed by atoms with van der Waals surface area (Å²) in [4.78, 5) is 31.9. The Morgan fingerprint density at radius 1 is 0.821 bits per heavy atom. The minimum atomic E-state index is -0.274. The lowest BCUT2D eigenvalue weighted by Crippen LogP contribution is -2.13. The van der Waals surface area contributed by atoms with E-state index in [0.717, 1.165) is 22.5 Å². The first-order valence-corrected chi connectivity index (χ1v) is 8.75. The molecule has 1 aromatic heterocycles. The van der Waals surface area contributed by atoms with E-state index < -0.39 is 0 Å². The van der Waals surface area contributed by atoms with Gasteiger partial charge in [0.05, 0.1) is 5.56 Å². The van der Waals surface area contributed by atoms with Gasteiger partial charge in [0.1, 0.15) is 0 Å². The smallest absolute Gasteiger partial charge is 0.258 e. The van der Waals surface area contributed by atoms with Crippen molar-refractivity contribution in [2.75, 3.05) is 16.0 Å². The Balaban J connectivity index is 1.67. The highest BCUT2D eigenvalue weighted by atomic mass is 16.2. The molecule has 3 N–H and O–H groups in total. The zero-order valence-corrected chi connectivity index (χ0v) is 15.9. The van der Waals surface area contributed by atoms with E-state index in [1.807, 2.05) is 38.1 Å². The van der Waals surface area contributed by atoms with Crippen LogP contribution in [0.4, 0.5) is 23.0 Å². The number of anilines is 4. The van der Waals surface area contributed by atoms with Crippen LogP contribution in [-0.2, 0) is 4.79 Å². The van der Waals surface area contributed by atoms with Crippen molar-refractivity contribution in [3.05, 3.63) is 71.5 Å². The Kier molecular flexibility index (Phi) is 5.64. The van der Waals surface area contributed by atoms with Crippen LogP contribution in [0.2, 0.25) is 0 Å². The molecule has 0 aliphatic rings. The second-order valence-electron chi connectivity index (χ2n) is 6.51. The third-order valence-corrected chi connectivity index (χ3v) is 3.83. The summed E-state index contributed by atoms with van der Waals surface area (Å²) >= 11 is 0. The van der Waals surface area contributed by atoms with E-state index in [0.29, 0.717) is 17.2 Å². The molecule has 2 amide bonds. The number of carbonyl (C=O) groups excluding carboxylic acids is 2. The lowest BCUT2D eigenvalue weighted by Gasteiger charge is -2.09. The van der Waals surface area contributed by atoms with Gasteiger partial charge in [-0.1, -0.05) is 12.1 Å². The van der Waals surface area contributed by atoms with E-state index in [1.54, 1.807) is 18.2 Å². The number of rotatable bonds is 5. The number of nitrogens with one attached hydrogen (secondary N) is 3. The van der Waals surface area contributed by atoms with E-state index in [9.17, 15) is 9.59 Å². The lowest BCUT2D eigenvalue weighted by molar-refractivity contribution is -0.114. The zero-order valence-electron chi connectivity index (χ0n) is 15.9. The fourth-order valence-corrected chi connectivity index (χ4v) is 2.77. The molecule has 1 heterocycles. The number of amides is 2. The van der Waals surface area contributed by atoms with Crippen LogP contribution >= 0.6 is 0 Å². The molecule has 142 valence electrons. The molecule has 0 saturated carbocycles. The molecule has 28 heavy (non-hydrogen) atoms. The van der Waals surface area contributed by atoms with Gasteiger partial charge in [0.2, 0.25) is 11.9 Å². The summed E-state index contributed by atoms with van der Waals surface area (Å²) in [5.74, 6) is -0.0697. The molecular weight excluding hydrogens is 354 g/mol. The molecule has 0 radical (unpaired) electrons. The maximum absolute atomic E-state index is 12.4. The first-order chi connectivity index (χ1) is 13.4. The topological polar surface area (TPSA) is 96.0 Å². The summed E-state index contributed by atoms with van der Waals surface area (Å²) < 4.78 is 0. The lowest BCUT2D eigenvalue weighted by atomic mass is 10.1. The van der Waals surface area contributed by atoms with E-state index in [4.69, 9.17) is 0 Å². The molecule has 0 bridgehead atoms. The molecule has 0 spiro atoms. The maximum Gasteiger partial charge on any atom is 0.258 e. The monoisotopic (exact) mass is 375 g/mol. The third-order valence-electron chi connectivity index (χ3n) is 3.83. The Morgan fingerprint density at radius 3 is 2.11 bits per heavy atom. The summed E-state index contributed by atoms with van der Waals surface area (Å²) in [6.07, 6.45) is 2.93. The number of carbonyl (C=O) groups is 2. The zero-order chi connectivity index (χ0) is 20.1. The van der Waals surface area contributed by atoms with Crippen molar-refractivity contribution in [2.24, 2.45) is 0 Å². The summed E-state index contributed by atoms with van der Waals surface area (Å²) in [6, 6.07) is 13.0. The van der Waals surface area contributed by atoms with Crippen molar-refractivity contribution in [1.82, 2.24) is 9.97 Å². The highest BCUT2D eigenvalue weighted by Gasteiger charge is 2.09. The van der Waals surface area contributed by atoms with Crippen molar-refractivity contribution in [2.45, 2.75) is 20.8 Å². The van der Waals surface area contributed by atoms with E-state index in [-0.39, 0.29) is 11.8 Å². The van der Waals surface area contributed by atoms with Crippen molar-refractivity contribution in [3.63, 3.8) is 0 Å². The summed E-state index contributed by atoms with van der Waals surface area (Å²) in [5.41, 5.74) is 4.64. The highest BCUT2D eigenvalue weighted by Crippen LogP contribution is 2.18. The molecule has 0 atom stereocenters. The van der Waals surface area contributed by atoms with Gasteiger partial charge in [0, 0.05) is 36.4 Å². The molecule has 0 aliphatic carbocycles. The molecule has 0 aliphatic heterocycles. The summed E-state index contributed by atoms with van der Waals surface area (Å²) in [6.45, 7) is 5.41. The van der Waals surface area contributed by atoms with Crippen molar-refractivity contribution in [3.8, 4) is 0 Å². The van der Waals surface area contributed by atoms with E-state index in [2.05, 4.69) is 25.9 Å². The third kappa shape index (κ3) is 5.14. The van der Waals surface area contributed by atoms with E-state index >= 15 is 0 Å². The van der Waals surface area contributed by atoms with Gasteiger partial charge >= 0.3 is 0 Å². The fourth-order valence-electron chi connectivity index (χ4n) is 2.77. The number of hydrogen-bond acceptors (Lipinski definition) is 5. The average molecular weight is 375 g/mol. The van der Waals surface area contributed by atoms with Crippen LogP contribution < -0.4 is 16.0 Å². The normalized spacial score (nSPS) is 10.2. The van der Waals surface area contributed by atoms with Crippen molar-refractivity contribution < 1.29 is 9.59 Å². The minimum Gasteiger partial charge on any atom is -0.326 e. The van der Waals surface area contributed by atoms with E-state index in [1.165, 1.54) is 19.3 Å². The number of aryl methyl sites for hydroxylation is 2. The van der Waals surface area contributed by atoms with Gasteiger partial charge in [-0.3, -0.25) is 9.59 Å². The standard InChI is InChI=1S/C21H21N5O2/c1-13-7-14(2)9-19(8-13)25-20(28)16-11-22-21(23-12-16)26-18-6-4-5-17(10-18)24-15(3)27/h4-12H,1-3H3,(H,24,27)(H,25,28)(H,22,23,26). The Morgan fingerprint density at radius 2 is 1.46 bits per heavy atom. The molecule has 0 fully saturated rings. The first-order valence-electron chi connectivity index (χ1n) is 8.75. The van der Waals surface area contributed by atoms with Crippen LogP contribution in [0.3, 0.4) is 0 Å². The van der Waals surface area contributed by atoms with Gasteiger partial charge in [-0.25, -0.2) is 9.97 Å². The maximum atomic E-state index is 12.4. The highest BCUT2D eigenvalue weighted by molar-refractivity contribution is 6.04. The summed E-state index contributed by atoms with van der Waals surface area (Å²) in [7, 11) is 0. The fraction of sp³-hybridized carbons (Fsp3) is 0.143. The van der Waals surface area contributed by atoms with Gasteiger partial charge in [-0.05, 0) is 55.3 Å². The SMILES string of the molecule is CC(=O)Nc1cccc(Nc2ncc(C(=O)Nc3cc(C)cc(C)c3)cn2)c1. The average Bonchev–Trinajstić information content (AvgIpc) is 2.61. The first kappa shape index (κ1) is 19.0. The van der Waals surface area contributed by atoms with Crippen LogP contribution in [0.15, 0.2) is 54.9 Å². The Labute approximate surface area is 163 Å². The predicted molar refractivity (Wildman–Crippen MR) is 110 cm³/mol. The number of aromatic nitrogens is 2. The molecular formula is C21H21N5O2. The number of hydrogen-bond donors (Lipinski definition) is 3. The largest absolute Gasteiger partial charge is 0.326 e.